The predicted molar refractivity (Wildman–Crippen MR) is 45.1 cm³/mol. The van der Waals surface area contributed by atoms with Crippen LogP contribution in [0.2, 0.25) is 0 Å². The van der Waals surface area contributed by atoms with Crippen molar-refractivity contribution in [3.63, 3.8) is 0 Å². The molecule has 0 aromatic heterocycles. The second kappa shape index (κ2) is 3.68. The van der Waals surface area contributed by atoms with Crippen LogP contribution in [0.3, 0.4) is 0 Å². The molecule has 0 rings (SSSR count). The highest BCUT2D eigenvalue weighted by molar-refractivity contribution is 8.05. The quantitative estimate of drug-likeness (QED) is 0.417. The van der Waals surface area contributed by atoms with Gasteiger partial charge in [0.2, 0.25) is 0 Å². The Labute approximate surface area is 84.8 Å². The Hall–Kier alpha value is -0.750. The second-order valence-corrected chi connectivity index (χ2v) is 6.56. The van der Waals surface area contributed by atoms with Crippen LogP contribution in [0.5, 0.6) is 0 Å². The summed E-state index contributed by atoms with van der Waals surface area (Å²) in [7, 11) is -11.1. The molecule has 0 amide bonds. The van der Waals surface area contributed by atoms with Crippen LogP contribution in [0, 0.1) is 0 Å². The number of carbonyl (C=O) groups is 1. The van der Waals surface area contributed by atoms with Gasteiger partial charge in [-0.05, 0) is 6.92 Å². The van der Waals surface area contributed by atoms with E-state index >= 15 is 0 Å². The molecule has 0 spiro atoms. The minimum atomic E-state index is -5.54. The third-order valence-corrected chi connectivity index (χ3v) is 5.51. The zero-order chi connectivity index (χ0) is 12.7. The zero-order valence-corrected chi connectivity index (χ0v) is 8.86. The van der Waals surface area contributed by atoms with Gasteiger partial charge in [-0.1, -0.05) is 0 Å². The summed E-state index contributed by atoms with van der Waals surface area (Å²) in [4.78, 5) is 10.2. The van der Waals surface area contributed by atoms with E-state index < -0.39 is 36.4 Å². The van der Waals surface area contributed by atoms with Crippen LogP contribution in [0.1, 0.15) is 6.92 Å². The van der Waals surface area contributed by atoms with Crippen molar-refractivity contribution in [2.45, 2.75) is 17.1 Å². The summed E-state index contributed by atoms with van der Waals surface area (Å²) in [5.41, 5.74) is 0. The maximum atomic E-state index is 10.6. The number of rotatable bonds is 4. The molecule has 1 unspecified atom stereocenters. The number of aliphatic carboxylic acids is 1. The van der Waals surface area contributed by atoms with Gasteiger partial charge in [-0.2, -0.15) is 16.8 Å². The predicted octanol–water partition coefficient (Wildman–Crippen LogP) is -2.08. The third-order valence-electron chi connectivity index (χ3n) is 1.75. The monoisotopic (exact) mass is 264 g/mol. The van der Waals surface area contributed by atoms with Crippen molar-refractivity contribution in [2.75, 3.05) is 0 Å². The van der Waals surface area contributed by atoms with Gasteiger partial charge in [-0.25, -0.2) is 4.79 Å². The van der Waals surface area contributed by atoms with E-state index in [0.717, 1.165) is 0 Å². The third kappa shape index (κ3) is 2.26. The molecule has 1 atom stereocenters. The molecule has 90 valence electrons. The summed E-state index contributed by atoms with van der Waals surface area (Å²) in [5.74, 6) is -2.23. The maximum absolute atomic E-state index is 10.6. The van der Waals surface area contributed by atoms with Crippen LogP contribution in [0.15, 0.2) is 0 Å². The summed E-state index contributed by atoms with van der Waals surface area (Å²) >= 11 is 0. The van der Waals surface area contributed by atoms with Crippen LogP contribution in [0.4, 0.5) is 0 Å². The molecule has 0 aliphatic carbocycles. The lowest BCUT2D eigenvalue weighted by molar-refractivity contribution is -0.147. The largest absolute Gasteiger partial charge is 0.479 e. The average molecular weight is 264 g/mol. The molecule has 0 radical (unpaired) electrons. The van der Waals surface area contributed by atoms with Gasteiger partial charge in [-0.15, -0.1) is 0 Å². The normalized spacial score (nSPS) is 16.0. The summed E-state index contributed by atoms with van der Waals surface area (Å²) in [6.07, 6.45) is -3.03. The van der Waals surface area contributed by atoms with Crippen molar-refractivity contribution in [1.29, 1.82) is 0 Å². The minimum Gasteiger partial charge on any atom is -0.479 e. The molecule has 15 heavy (non-hydrogen) atoms. The fourth-order valence-electron chi connectivity index (χ4n) is 0.640. The molecule has 4 N–H and O–H groups in total. The van der Waals surface area contributed by atoms with Crippen molar-refractivity contribution in [3.8, 4) is 0 Å². The highest BCUT2D eigenvalue weighted by atomic mass is 32.3. The van der Waals surface area contributed by atoms with E-state index in [0.29, 0.717) is 0 Å². The lowest BCUT2D eigenvalue weighted by Crippen LogP contribution is -2.55. The molecule has 11 heteroatoms. The van der Waals surface area contributed by atoms with Gasteiger partial charge in [0.1, 0.15) is 0 Å². The Morgan fingerprint density at radius 1 is 1.13 bits per heavy atom. The van der Waals surface area contributed by atoms with Gasteiger partial charge in [0, 0.05) is 0 Å². The average Bonchev–Trinajstić information content (AvgIpc) is 1.96. The summed E-state index contributed by atoms with van der Waals surface area (Å²) in [5, 5.41) is 17.1. The highest BCUT2D eigenvalue weighted by Crippen LogP contribution is 2.27. The van der Waals surface area contributed by atoms with Gasteiger partial charge in [0.05, 0.1) is 0 Å². The Morgan fingerprint density at radius 3 is 1.47 bits per heavy atom. The smallest absolute Gasteiger partial charge is 0.335 e. The van der Waals surface area contributed by atoms with Gasteiger partial charge in [0.15, 0.2) is 6.10 Å². The first kappa shape index (κ1) is 14.2. The first-order valence-corrected chi connectivity index (χ1v) is 6.08. The molecule has 0 bridgehead atoms. The SMILES string of the molecule is CC(C(O)C(=O)O)(S(=O)(=O)O)S(=O)(=O)O. The number of carboxylic acid groups (broad SMARTS) is 1. The Balaban J connectivity index is 6.00. The van der Waals surface area contributed by atoms with Crippen LogP contribution in [0.25, 0.3) is 0 Å². The van der Waals surface area contributed by atoms with Crippen molar-refractivity contribution in [2.24, 2.45) is 0 Å². The van der Waals surface area contributed by atoms with E-state index in [2.05, 4.69) is 0 Å². The molecule has 0 aliphatic rings. The molecule has 0 saturated heterocycles. The van der Waals surface area contributed by atoms with Gasteiger partial charge < -0.3 is 10.2 Å². The number of hydrogen-bond donors (Lipinski definition) is 4. The van der Waals surface area contributed by atoms with Crippen molar-refractivity contribution < 1.29 is 40.9 Å². The molecule has 0 saturated carbocycles. The lowest BCUT2D eigenvalue weighted by Gasteiger charge is -2.24. The van der Waals surface area contributed by atoms with E-state index in [4.69, 9.17) is 19.3 Å². The molecule has 0 aromatic rings. The Bertz CT molecular complexity index is 424. The van der Waals surface area contributed by atoms with Crippen molar-refractivity contribution >= 4 is 26.2 Å². The van der Waals surface area contributed by atoms with Crippen molar-refractivity contribution in [3.05, 3.63) is 0 Å². The van der Waals surface area contributed by atoms with Gasteiger partial charge >= 0.3 is 5.97 Å². The van der Waals surface area contributed by atoms with E-state index in [1.807, 2.05) is 0 Å². The molecule has 9 nitrogen and oxygen atoms in total. The van der Waals surface area contributed by atoms with Crippen molar-refractivity contribution in [1.82, 2.24) is 0 Å². The fraction of sp³-hybridized carbons (Fsp3) is 0.750. The van der Waals surface area contributed by atoms with E-state index in [1.54, 1.807) is 0 Å². The van der Waals surface area contributed by atoms with E-state index in [-0.39, 0.29) is 6.92 Å². The summed E-state index contributed by atoms with van der Waals surface area (Å²) < 4.78 is 55.9. The van der Waals surface area contributed by atoms with E-state index in [9.17, 15) is 21.6 Å². The van der Waals surface area contributed by atoms with Crippen LogP contribution in [-0.4, -0.2) is 52.3 Å². The van der Waals surface area contributed by atoms with Gasteiger partial charge in [0.25, 0.3) is 24.3 Å². The topological polar surface area (TPSA) is 166 Å². The first-order valence-electron chi connectivity index (χ1n) is 3.20. The molecule has 0 aliphatic heterocycles. The Kier molecular flexibility index (Phi) is 3.49. The minimum absolute atomic E-state index is 0.163. The number of carboxylic acids is 1. The molecule has 0 aromatic carbocycles. The van der Waals surface area contributed by atoms with Crippen LogP contribution < -0.4 is 0 Å². The molecule has 0 heterocycles. The van der Waals surface area contributed by atoms with Gasteiger partial charge in [-0.3, -0.25) is 9.11 Å². The molecular weight excluding hydrogens is 256 g/mol. The maximum Gasteiger partial charge on any atom is 0.335 e. The number of aliphatic hydroxyl groups is 1. The molecule has 0 fully saturated rings. The first-order chi connectivity index (χ1) is 6.35. The standard InChI is InChI=1S/C4H8O9S2/c1-4(14(8,9)10,15(11,12)13)2(5)3(6)7/h2,5H,1H3,(H,6,7)(H,8,9,10)(H,11,12,13). The number of aliphatic hydroxyl groups excluding tert-OH is 1. The highest BCUT2D eigenvalue weighted by Gasteiger charge is 2.59. The summed E-state index contributed by atoms with van der Waals surface area (Å²) in [6, 6.07) is 0. The number of hydrogen-bond acceptors (Lipinski definition) is 6. The summed E-state index contributed by atoms with van der Waals surface area (Å²) in [6.45, 7) is 0.163. The Morgan fingerprint density at radius 2 is 1.40 bits per heavy atom. The molecular formula is C4H8O9S2. The second-order valence-electron chi connectivity index (χ2n) is 2.71. The zero-order valence-electron chi connectivity index (χ0n) is 7.22. The van der Waals surface area contributed by atoms with Crippen LogP contribution >= 0.6 is 0 Å². The van der Waals surface area contributed by atoms with Crippen LogP contribution in [-0.2, 0) is 25.0 Å². The lowest BCUT2D eigenvalue weighted by atomic mass is 10.3. The van der Waals surface area contributed by atoms with E-state index in [1.165, 1.54) is 0 Å². The fourth-order valence-corrected chi connectivity index (χ4v) is 2.47.